The number of fused-ring (bicyclic) bond motifs is 2. The van der Waals surface area contributed by atoms with Crippen LogP contribution in [-0.2, 0) is 24.2 Å². The van der Waals surface area contributed by atoms with Crippen molar-refractivity contribution in [3.63, 3.8) is 0 Å². The lowest BCUT2D eigenvalue weighted by molar-refractivity contribution is -0.0917. The minimum atomic E-state index is -0.819. The van der Waals surface area contributed by atoms with Gasteiger partial charge < -0.3 is 14.2 Å². The summed E-state index contributed by atoms with van der Waals surface area (Å²) < 4.78 is 21.4. The number of amides is 2. The maximum absolute atomic E-state index is 14.3. The highest BCUT2D eigenvalue weighted by Crippen LogP contribution is 2.26. The Balaban J connectivity index is 1.64. The molecule has 31 heavy (non-hydrogen) atoms. The number of aryl methyl sites for hydroxylation is 1. The number of pyridine rings is 1. The summed E-state index contributed by atoms with van der Waals surface area (Å²) in [5, 5.41) is 0.421. The first-order valence-corrected chi connectivity index (χ1v) is 10.4. The molecule has 1 saturated heterocycles. The molecule has 4 rings (SSSR count). The minimum absolute atomic E-state index is 0.0229. The normalized spacial score (nSPS) is 17.9. The SMILES string of the molecule is CCc1ccc(CN(N)C(=O)c2cn3c(c(Cl)c2=O)C(=O)N2CCCOC2C3)c(F)c1. The molecule has 2 aliphatic rings. The molecule has 8 nitrogen and oxygen atoms in total. The molecule has 0 bridgehead atoms. The topological polar surface area (TPSA) is 97.9 Å². The molecular weight excluding hydrogens is 427 g/mol. The summed E-state index contributed by atoms with van der Waals surface area (Å²) in [6, 6.07) is 4.70. The molecule has 0 radical (unpaired) electrons. The van der Waals surface area contributed by atoms with Crippen LogP contribution in [0.1, 0.15) is 45.3 Å². The molecule has 1 aromatic carbocycles. The maximum Gasteiger partial charge on any atom is 0.274 e. The van der Waals surface area contributed by atoms with Crippen LogP contribution in [0.4, 0.5) is 4.39 Å². The van der Waals surface area contributed by atoms with Crippen molar-refractivity contribution in [1.29, 1.82) is 0 Å². The van der Waals surface area contributed by atoms with E-state index in [-0.39, 0.29) is 34.9 Å². The third-order valence-electron chi connectivity index (χ3n) is 5.60. The minimum Gasteiger partial charge on any atom is -0.356 e. The number of carbonyl (C=O) groups is 2. The average Bonchev–Trinajstić information content (AvgIpc) is 2.77. The van der Waals surface area contributed by atoms with Crippen molar-refractivity contribution in [3.05, 3.63) is 67.8 Å². The van der Waals surface area contributed by atoms with E-state index in [1.165, 1.54) is 21.7 Å². The quantitative estimate of drug-likeness (QED) is 0.438. The molecule has 1 fully saturated rings. The molecule has 1 atom stereocenters. The van der Waals surface area contributed by atoms with E-state index >= 15 is 0 Å². The lowest BCUT2D eigenvalue weighted by Crippen LogP contribution is -2.53. The van der Waals surface area contributed by atoms with Gasteiger partial charge in [0.05, 0.1) is 19.7 Å². The van der Waals surface area contributed by atoms with E-state index in [0.717, 1.165) is 10.6 Å². The summed E-state index contributed by atoms with van der Waals surface area (Å²) in [6.07, 6.45) is 2.15. The first kappa shape index (κ1) is 21.5. The molecule has 164 valence electrons. The van der Waals surface area contributed by atoms with Gasteiger partial charge in [-0.15, -0.1) is 0 Å². The Morgan fingerprint density at radius 1 is 1.39 bits per heavy atom. The highest BCUT2D eigenvalue weighted by Gasteiger charge is 2.37. The average molecular weight is 449 g/mol. The predicted octanol–water partition coefficient (Wildman–Crippen LogP) is 1.92. The van der Waals surface area contributed by atoms with Gasteiger partial charge in [-0.1, -0.05) is 30.7 Å². The largest absolute Gasteiger partial charge is 0.356 e. The Bertz CT molecular complexity index is 1120. The number of benzene rings is 1. The summed E-state index contributed by atoms with van der Waals surface area (Å²) in [7, 11) is 0. The van der Waals surface area contributed by atoms with Crippen LogP contribution in [0, 0.1) is 5.82 Å². The van der Waals surface area contributed by atoms with Gasteiger partial charge in [-0.05, 0) is 24.5 Å². The maximum atomic E-state index is 14.3. The first-order chi connectivity index (χ1) is 14.8. The molecule has 1 aromatic heterocycles. The number of nitrogens with zero attached hydrogens (tertiary/aromatic N) is 3. The van der Waals surface area contributed by atoms with Gasteiger partial charge in [0.1, 0.15) is 22.1 Å². The van der Waals surface area contributed by atoms with Crippen molar-refractivity contribution >= 4 is 23.4 Å². The monoisotopic (exact) mass is 448 g/mol. The van der Waals surface area contributed by atoms with Gasteiger partial charge in [-0.3, -0.25) is 19.4 Å². The van der Waals surface area contributed by atoms with Gasteiger partial charge in [0.2, 0.25) is 5.43 Å². The Hall–Kier alpha value is -2.75. The highest BCUT2D eigenvalue weighted by molar-refractivity contribution is 6.33. The third kappa shape index (κ3) is 3.84. The van der Waals surface area contributed by atoms with Crippen LogP contribution in [0.2, 0.25) is 5.02 Å². The van der Waals surface area contributed by atoms with E-state index in [1.807, 2.05) is 6.92 Å². The molecule has 10 heteroatoms. The fraction of sp³-hybridized carbons (Fsp3) is 0.381. The zero-order valence-corrected chi connectivity index (χ0v) is 17.7. The van der Waals surface area contributed by atoms with Crippen LogP contribution in [-0.4, -0.2) is 45.7 Å². The zero-order valence-electron chi connectivity index (χ0n) is 16.9. The third-order valence-corrected chi connectivity index (χ3v) is 5.95. The first-order valence-electron chi connectivity index (χ1n) is 10.0. The number of hydrogen-bond donors (Lipinski definition) is 1. The van der Waals surface area contributed by atoms with Crippen LogP contribution >= 0.6 is 11.6 Å². The number of hydrazine groups is 1. The highest BCUT2D eigenvalue weighted by atomic mass is 35.5. The Labute approximate surface area is 182 Å². The van der Waals surface area contributed by atoms with Gasteiger partial charge in [-0.25, -0.2) is 10.2 Å². The number of ether oxygens (including phenoxy) is 1. The number of nitrogens with two attached hydrogens (primary N) is 1. The van der Waals surface area contributed by atoms with Crippen molar-refractivity contribution in [2.75, 3.05) is 13.2 Å². The van der Waals surface area contributed by atoms with Gasteiger partial charge in [0.15, 0.2) is 6.23 Å². The van der Waals surface area contributed by atoms with Crippen molar-refractivity contribution in [2.45, 2.75) is 39.1 Å². The molecule has 0 saturated carbocycles. The zero-order chi connectivity index (χ0) is 22.3. The van der Waals surface area contributed by atoms with Crippen LogP contribution in [0.25, 0.3) is 0 Å². The Morgan fingerprint density at radius 3 is 2.87 bits per heavy atom. The second kappa shape index (κ2) is 8.41. The van der Waals surface area contributed by atoms with Gasteiger partial charge in [0.25, 0.3) is 11.8 Å². The molecule has 1 unspecified atom stereocenters. The molecule has 0 aliphatic carbocycles. The van der Waals surface area contributed by atoms with Gasteiger partial charge in [0, 0.05) is 18.3 Å². The lowest BCUT2D eigenvalue weighted by Gasteiger charge is -2.40. The number of aromatic nitrogens is 1. The summed E-state index contributed by atoms with van der Waals surface area (Å²) >= 11 is 6.22. The standard InChI is InChI=1S/C21H22ClFN4O4/c1-2-12-4-5-13(15(23)8-12)9-27(24)20(29)14-10-25-11-16-26(6-3-7-31-16)21(30)18(25)17(22)19(14)28/h4-5,8,10,16H,2-3,6-7,9,11,24H2,1H3. The molecule has 2 aromatic rings. The molecule has 0 spiro atoms. The molecule has 2 aliphatic heterocycles. The summed E-state index contributed by atoms with van der Waals surface area (Å²) in [6.45, 7) is 2.93. The van der Waals surface area contributed by atoms with Crippen LogP contribution in [0.5, 0.6) is 0 Å². The van der Waals surface area contributed by atoms with E-state index in [0.29, 0.717) is 26.0 Å². The lowest BCUT2D eigenvalue weighted by atomic mass is 10.1. The smallest absolute Gasteiger partial charge is 0.274 e. The van der Waals surface area contributed by atoms with Crippen molar-refractivity contribution in [1.82, 2.24) is 14.5 Å². The van der Waals surface area contributed by atoms with Gasteiger partial charge in [-0.2, -0.15) is 0 Å². The fourth-order valence-electron chi connectivity index (χ4n) is 3.87. The van der Waals surface area contributed by atoms with E-state index in [9.17, 15) is 18.8 Å². The van der Waals surface area contributed by atoms with Crippen molar-refractivity contribution < 1.29 is 18.7 Å². The van der Waals surface area contributed by atoms with Crippen LogP contribution in [0.15, 0.2) is 29.2 Å². The van der Waals surface area contributed by atoms with E-state index in [1.54, 1.807) is 12.1 Å². The van der Waals surface area contributed by atoms with E-state index < -0.39 is 29.3 Å². The van der Waals surface area contributed by atoms with Gasteiger partial charge >= 0.3 is 0 Å². The van der Waals surface area contributed by atoms with E-state index in [2.05, 4.69) is 0 Å². The molecular formula is C21H22ClFN4O4. The van der Waals surface area contributed by atoms with Crippen molar-refractivity contribution in [2.24, 2.45) is 5.84 Å². The second-order valence-electron chi connectivity index (χ2n) is 7.58. The number of carbonyl (C=O) groups excluding carboxylic acids is 2. The van der Waals surface area contributed by atoms with Crippen molar-refractivity contribution in [3.8, 4) is 0 Å². The fourth-order valence-corrected chi connectivity index (χ4v) is 4.16. The molecule has 2 N–H and O–H groups in total. The second-order valence-corrected chi connectivity index (χ2v) is 7.95. The predicted molar refractivity (Wildman–Crippen MR) is 111 cm³/mol. The number of halogens is 2. The van der Waals surface area contributed by atoms with E-state index in [4.69, 9.17) is 22.2 Å². The van der Waals surface area contributed by atoms with Crippen LogP contribution < -0.4 is 11.3 Å². The summed E-state index contributed by atoms with van der Waals surface area (Å²) in [4.78, 5) is 40.0. The molecule has 3 heterocycles. The Kier molecular flexibility index (Phi) is 5.83. The van der Waals surface area contributed by atoms with Crippen LogP contribution in [0.3, 0.4) is 0 Å². The molecule has 2 amide bonds. The number of hydrogen-bond acceptors (Lipinski definition) is 5. The summed E-state index contributed by atoms with van der Waals surface area (Å²) in [5.41, 5.74) is -0.0216. The Morgan fingerprint density at radius 2 is 2.16 bits per heavy atom. The number of rotatable bonds is 4. The summed E-state index contributed by atoms with van der Waals surface area (Å²) in [5.74, 6) is 4.16.